The van der Waals surface area contributed by atoms with Crippen LogP contribution >= 0.6 is 11.3 Å². The number of anilines is 1. The number of thiazole rings is 1. The van der Waals surface area contributed by atoms with E-state index in [9.17, 15) is 0 Å². The van der Waals surface area contributed by atoms with Crippen molar-refractivity contribution in [2.75, 3.05) is 18.9 Å². The molecule has 1 aliphatic carbocycles. The zero-order valence-corrected chi connectivity index (χ0v) is 14.6. The minimum Gasteiger partial charge on any atom is -0.460 e. The van der Waals surface area contributed by atoms with Gasteiger partial charge in [-0.05, 0) is 38.2 Å². The molecular formula is C17H22N4O2S. The van der Waals surface area contributed by atoms with Crippen molar-refractivity contribution in [3.8, 4) is 16.6 Å². The van der Waals surface area contributed by atoms with Crippen molar-refractivity contribution < 1.29 is 9.47 Å². The summed E-state index contributed by atoms with van der Waals surface area (Å²) in [7, 11) is 0. The van der Waals surface area contributed by atoms with Gasteiger partial charge in [-0.25, -0.2) is 9.97 Å². The standard InChI is InChI=1S/C17H22N4O2S/c1-2-11-7-13(14-8-19-15(18)24-14)21-16(20-11)23-12-3-5-17(6-4-12)9-22-10-17/h7-8,12H,2-6,9-10H2,1H3,(H2,18,19). The summed E-state index contributed by atoms with van der Waals surface area (Å²) >= 11 is 1.43. The molecule has 0 amide bonds. The van der Waals surface area contributed by atoms with E-state index in [0.29, 0.717) is 16.6 Å². The van der Waals surface area contributed by atoms with Crippen LogP contribution in [0, 0.1) is 5.41 Å². The Morgan fingerprint density at radius 1 is 1.33 bits per heavy atom. The molecule has 0 radical (unpaired) electrons. The van der Waals surface area contributed by atoms with Crippen LogP contribution in [0.4, 0.5) is 5.13 Å². The monoisotopic (exact) mass is 346 g/mol. The molecule has 6 nitrogen and oxygen atoms in total. The average Bonchev–Trinajstić information content (AvgIpc) is 3.00. The number of hydrogen-bond donors (Lipinski definition) is 1. The molecule has 2 N–H and O–H groups in total. The molecule has 4 rings (SSSR count). The number of aromatic nitrogens is 3. The fraction of sp³-hybridized carbons (Fsp3) is 0.588. The number of aryl methyl sites for hydroxylation is 1. The van der Waals surface area contributed by atoms with Crippen LogP contribution in [0.2, 0.25) is 0 Å². The molecule has 0 aromatic carbocycles. The van der Waals surface area contributed by atoms with Gasteiger partial charge in [-0.3, -0.25) is 0 Å². The molecule has 2 aromatic heterocycles. The van der Waals surface area contributed by atoms with Gasteiger partial charge in [0.2, 0.25) is 0 Å². The fourth-order valence-electron chi connectivity index (χ4n) is 3.39. The van der Waals surface area contributed by atoms with E-state index in [0.717, 1.165) is 48.7 Å². The fourth-order valence-corrected chi connectivity index (χ4v) is 4.03. The summed E-state index contributed by atoms with van der Waals surface area (Å²) in [6.45, 7) is 3.91. The molecule has 24 heavy (non-hydrogen) atoms. The minimum atomic E-state index is 0.197. The van der Waals surface area contributed by atoms with Crippen LogP contribution in [0.15, 0.2) is 12.3 Å². The molecular weight excluding hydrogens is 324 g/mol. The summed E-state index contributed by atoms with van der Waals surface area (Å²) in [5.41, 5.74) is 7.98. The van der Waals surface area contributed by atoms with Crippen molar-refractivity contribution in [1.82, 2.24) is 15.0 Å². The molecule has 2 aromatic rings. The third kappa shape index (κ3) is 3.10. The van der Waals surface area contributed by atoms with Crippen LogP contribution in [-0.4, -0.2) is 34.3 Å². The van der Waals surface area contributed by atoms with Crippen LogP contribution in [0.3, 0.4) is 0 Å². The Balaban J connectivity index is 1.50. The average molecular weight is 346 g/mol. The van der Waals surface area contributed by atoms with Gasteiger partial charge in [0.1, 0.15) is 6.10 Å². The molecule has 1 saturated heterocycles. The quantitative estimate of drug-likeness (QED) is 0.916. The normalized spacial score (nSPS) is 20.0. The van der Waals surface area contributed by atoms with E-state index in [4.69, 9.17) is 15.2 Å². The van der Waals surface area contributed by atoms with Crippen molar-refractivity contribution in [2.24, 2.45) is 5.41 Å². The Bertz CT molecular complexity index is 719. The van der Waals surface area contributed by atoms with Gasteiger partial charge in [0, 0.05) is 17.3 Å². The molecule has 2 fully saturated rings. The second-order valence-electron chi connectivity index (χ2n) is 6.75. The molecule has 7 heteroatoms. The smallest absolute Gasteiger partial charge is 0.317 e. The summed E-state index contributed by atoms with van der Waals surface area (Å²) in [6, 6.07) is 2.46. The van der Waals surface area contributed by atoms with Gasteiger partial charge < -0.3 is 15.2 Å². The van der Waals surface area contributed by atoms with Gasteiger partial charge in [0.15, 0.2) is 5.13 Å². The summed E-state index contributed by atoms with van der Waals surface area (Å²) in [5.74, 6) is 0. The molecule has 2 aliphatic rings. The van der Waals surface area contributed by atoms with Crippen LogP contribution in [0.5, 0.6) is 6.01 Å². The van der Waals surface area contributed by atoms with Gasteiger partial charge in [-0.2, -0.15) is 4.98 Å². The van der Waals surface area contributed by atoms with Gasteiger partial charge in [0.25, 0.3) is 0 Å². The summed E-state index contributed by atoms with van der Waals surface area (Å²) in [6.07, 6.45) is 7.23. The summed E-state index contributed by atoms with van der Waals surface area (Å²) in [4.78, 5) is 14.2. The van der Waals surface area contributed by atoms with Crippen LogP contribution in [0.25, 0.3) is 10.6 Å². The summed E-state index contributed by atoms with van der Waals surface area (Å²) < 4.78 is 11.5. The lowest BCUT2D eigenvalue weighted by molar-refractivity contribution is -0.140. The van der Waals surface area contributed by atoms with E-state index in [2.05, 4.69) is 21.9 Å². The van der Waals surface area contributed by atoms with Crippen LogP contribution in [0.1, 0.15) is 38.3 Å². The first-order chi connectivity index (χ1) is 11.7. The molecule has 0 atom stereocenters. The lowest BCUT2D eigenvalue weighted by Crippen LogP contribution is -2.46. The topological polar surface area (TPSA) is 83.2 Å². The molecule has 1 saturated carbocycles. The first-order valence-corrected chi connectivity index (χ1v) is 9.31. The molecule has 1 spiro atoms. The van der Waals surface area contributed by atoms with E-state index in [-0.39, 0.29) is 6.10 Å². The van der Waals surface area contributed by atoms with Gasteiger partial charge in [0.05, 0.1) is 23.8 Å². The maximum absolute atomic E-state index is 6.12. The Kier molecular flexibility index (Phi) is 4.14. The molecule has 1 aliphatic heterocycles. The van der Waals surface area contributed by atoms with Gasteiger partial charge in [-0.1, -0.05) is 18.3 Å². The maximum atomic E-state index is 6.12. The van der Waals surface area contributed by atoms with E-state index >= 15 is 0 Å². The summed E-state index contributed by atoms with van der Waals surface area (Å²) in [5, 5.41) is 0.546. The van der Waals surface area contributed by atoms with Crippen molar-refractivity contribution in [2.45, 2.75) is 45.1 Å². The highest BCUT2D eigenvalue weighted by Crippen LogP contribution is 2.43. The Hall–Kier alpha value is -1.73. The lowest BCUT2D eigenvalue weighted by atomic mass is 9.72. The van der Waals surface area contributed by atoms with E-state index in [1.54, 1.807) is 6.20 Å². The molecule has 0 bridgehead atoms. The van der Waals surface area contributed by atoms with Crippen molar-refractivity contribution in [1.29, 1.82) is 0 Å². The van der Waals surface area contributed by atoms with Gasteiger partial charge >= 0.3 is 6.01 Å². The SMILES string of the molecule is CCc1cc(-c2cnc(N)s2)nc(OC2CCC3(CC2)COC3)n1. The zero-order valence-electron chi connectivity index (χ0n) is 13.8. The first-order valence-electron chi connectivity index (χ1n) is 8.50. The molecule has 3 heterocycles. The highest BCUT2D eigenvalue weighted by Gasteiger charge is 2.42. The second-order valence-corrected chi connectivity index (χ2v) is 7.82. The highest BCUT2D eigenvalue weighted by molar-refractivity contribution is 7.18. The predicted molar refractivity (Wildman–Crippen MR) is 93.1 cm³/mol. The predicted octanol–water partition coefficient (Wildman–Crippen LogP) is 3.08. The third-order valence-corrected chi connectivity index (χ3v) is 5.83. The number of nitrogens with zero attached hydrogens (tertiary/aromatic N) is 3. The van der Waals surface area contributed by atoms with Crippen molar-refractivity contribution >= 4 is 16.5 Å². The Morgan fingerprint density at radius 3 is 2.71 bits per heavy atom. The number of hydrogen-bond acceptors (Lipinski definition) is 7. The largest absolute Gasteiger partial charge is 0.460 e. The van der Waals surface area contributed by atoms with Crippen LogP contribution < -0.4 is 10.5 Å². The van der Waals surface area contributed by atoms with E-state index < -0.39 is 0 Å². The van der Waals surface area contributed by atoms with E-state index in [1.807, 2.05) is 6.07 Å². The second kappa shape index (κ2) is 6.29. The maximum Gasteiger partial charge on any atom is 0.317 e. The Labute approximate surface area is 145 Å². The van der Waals surface area contributed by atoms with Crippen LogP contribution in [-0.2, 0) is 11.2 Å². The molecule has 0 unspecified atom stereocenters. The number of ether oxygens (including phenoxy) is 2. The number of nitrogens with two attached hydrogens (primary N) is 1. The lowest BCUT2D eigenvalue weighted by Gasteiger charge is -2.45. The van der Waals surface area contributed by atoms with E-state index in [1.165, 1.54) is 24.2 Å². The third-order valence-electron chi connectivity index (χ3n) is 4.98. The van der Waals surface area contributed by atoms with Crippen molar-refractivity contribution in [3.05, 3.63) is 18.0 Å². The zero-order chi connectivity index (χ0) is 16.6. The highest BCUT2D eigenvalue weighted by atomic mass is 32.1. The number of rotatable bonds is 4. The van der Waals surface area contributed by atoms with Gasteiger partial charge in [-0.15, -0.1) is 0 Å². The van der Waals surface area contributed by atoms with Crippen molar-refractivity contribution in [3.63, 3.8) is 0 Å². The first kappa shape index (κ1) is 15.8. The number of nitrogen functional groups attached to an aromatic ring is 1. The minimum absolute atomic E-state index is 0.197. The molecule has 128 valence electrons. The Morgan fingerprint density at radius 2 is 2.12 bits per heavy atom.